The van der Waals surface area contributed by atoms with Crippen molar-refractivity contribution >= 4 is 20.9 Å². The summed E-state index contributed by atoms with van der Waals surface area (Å²) in [6.45, 7) is 1.14. The number of fused-ring (bicyclic) bond motifs is 1. The van der Waals surface area contributed by atoms with Gasteiger partial charge >= 0.3 is 0 Å². The summed E-state index contributed by atoms with van der Waals surface area (Å²) >= 11 is 0. The molecule has 0 saturated carbocycles. The zero-order valence-electron chi connectivity index (χ0n) is 12.2. The van der Waals surface area contributed by atoms with Gasteiger partial charge in [0.05, 0.1) is 10.4 Å². The first kappa shape index (κ1) is 15.9. The highest BCUT2D eigenvalue weighted by Gasteiger charge is 2.22. The van der Waals surface area contributed by atoms with Crippen LogP contribution in [0.2, 0.25) is 0 Å². The SMILES string of the molecule is CN(CCCCCN)S(=O)(=O)c1cccc2ncccc12. The molecule has 2 N–H and O–H groups in total. The van der Waals surface area contributed by atoms with Gasteiger partial charge in [-0.05, 0) is 43.7 Å². The number of pyridine rings is 1. The van der Waals surface area contributed by atoms with Gasteiger partial charge in [0.2, 0.25) is 10.0 Å². The third kappa shape index (κ3) is 3.58. The van der Waals surface area contributed by atoms with Crippen molar-refractivity contribution < 1.29 is 8.42 Å². The van der Waals surface area contributed by atoms with E-state index in [0.717, 1.165) is 19.3 Å². The van der Waals surface area contributed by atoms with Crippen LogP contribution in [0, 0.1) is 0 Å². The maximum atomic E-state index is 12.7. The Morgan fingerprint density at radius 3 is 2.71 bits per heavy atom. The van der Waals surface area contributed by atoms with E-state index in [1.807, 2.05) is 6.07 Å². The summed E-state index contributed by atoms with van der Waals surface area (Å²) in [4.78, 5) is 4.52. The average molecular weight is 307 g/mol. The maximum absolute atomic E-state index is 12.7. The van der Waals surface area contributed by atoms with Crippen molar-refractivity contribution in [1.82, 2.24) is 9.29 Å². The van der Waals surface area contributed by atoms with E-state index in [1.165, 1.54) is 4.31 Å². The second kappa shape index (κ2) is 6.98. The van der Waals surface area contributed by atoms with Gasteiger partial charge in [0.1, 0.15) is 0 Å². The van der Waals surface area contributed by atoms with E-state index in [1.54, 1.807) is 37.5 Å². The predicted molar refractivity (Wildman–Crippen MR) is 84.5 cm³/mol. The van der Waals surface area contributed by atoms with Crippen molar-refractivity contribution in [1.29, 1.82) is 0 Å². The van der Waals surface area contributed by atoms with E-state index in [2.05, 4.69) is 4.98 Å². The largest absolute Gasteiger partial charge is 0.330 e. The fraction of sp³-hybridized carbons (Fsp3) is 0.400. The van der Waals surface area contributed by atoms with Crippen molar-refractivity contribution in [3.63, 3.8) is 0 Å². The van der Waals surface area contributed by atoms with Crippen LogP contribution in [0.1, 0.15) is 19.3 Å². The minimum Gasteiger partial charge on any atom is -0.330 e. The Bertz CT molecular complexity index is 696. The van der Waals surface area contributed by atoms with Crippen LogP contribution in [-0.2, 0) is 10.0 Å². The van der Waals surface area contributed by atoms with E-state index in [4.69, 9.17) is 5.73 Å². The van der Waals surface area contributed by atoms with Gasteiger partial charge in [-0.2, -0.15) is 0 Å². The van der Waals surface area contributed by atoms with Crippen LogP contribution in [-0.4, -0.2) is 37.8 Å². The molecule has 0 aliphatic rings. The highest BCUT2D eigenvalue weighted by atomic mass is 32.2. The molecule has 5 nitrogen and oxygen atoms in total. The number of hydrogen-bond acceptors (Lipinski definition) is 4. The molecule has 0 aliphatic heterocycles. The molecule has 6 heteroatoms. The van der Waals surface area contributed by atoms with E-state index in [0.29, 0.717) is 28.9 Å². The minimum absolute atomic E-state index is 0.314. The third-order valence-corrected chi connectivity index (χ3v) is 5.39. The second-order valence-corrected chi connectivity index (χ2v) is 7.02. The molecule has 0 atom stereocenters. The van der Waals surface area contributed by atoms with Gasteiger partial charge in [-0.3, -0.25) is 4.98 Å². The number of aromatic nitrogens is 1. The molecule has 114 valence electrons. The average Bonchev–Trinajstić information content (AvgIpc) is 2.50. The highest BCUT2D eigenvalue weighted by Crippen LogP contribution is 2.24. The number of nitrogens with zero attached hydrogens (tertiary/aromatic N) is 2. The molecular weight excluding hydrogens is 286 g/mol. The molecule has 0 aliphatic carbocycles. The Hall–Kier alpha value is -1.50. The number of nitrogens with two attached hydrogens (primary N) is 1. The Morgan fingerprint density at radius 1 is 1.14 bits per heavy atom. The Balaban J connectivity index is 2.25. The van der Waals surface area contributed by atoms with E-state index < -0.39 is 10.0 Å². The quantitative estimate of drug-likeness (QED) is 0.794. The molecule has 0 unspecified atom stereocenters. The van der Waals surface area contributed by atoms with E-state index in [-0.39, 0.29) is 0 Å². The molecular formula is C15H21N3O2S. The zero-order chi connectivity index (χ0) is 15.3. The molecule has 1 aromatic carbocycles. The van der Waals surface area contributed by atoms with Crippen molar-refractivity contribution in [2.75, 3.05) is 20.1 Å². The Kier molecular flexibility index (Phi) is 5.27. The van der Waals surface area contributed by atoms with Crippen LogP contribution in [0.4, 0.5) is 0 Å². The summed E-state index contributed by atoms with van der Waals surface area (Å²) in [7, 11) is -1.87. The lowest BCUT2D eigenvalue weighted by Gasteiger charge is -2.18. The van der Waals surface area contributed by atoms with Crippen LogP contribution in [0.3, 0.4) is 0 Å². The zero-order valence-corrected chi connectivity index (χ0v) is 13.0. The van der Waals surface area contributed by atoms with Gasteiger partial charge in [-0.15, -0.1) is 0 Å². The summed E-state index contributed by atoms with van der Waals surface area (Å²) in [5, 5.41) is 0.661. The standard InChI is InChI=1S/C15H21N3O2S/c1-18(12-4-2-3-10-16)21(19,20)15-9-5-8-14-13(15)7-6-11-17-14/h5-9,11H,2-4,10,12,16H2,1H3. The van der Waals surface area contributed by atoms with Gasteiger partial charge in [-0.1, -0.05) is 12.5 Å². The summed E-state index contributed by atoms with van der Waals surface area (Å²) in [6, 6.07) is 8.72. The van der Waals surface area contributed by atoms with Crippen molar-refractivity contribution in [3.8, 4) is 0 Å². The normalized spacial score (nSPS) is 12.1. The molecule has 1 heterocycles. The first-order valence-electron chi connectivity index (χ1n) is 7.07. The van der Waals surface area contributed by atoms with Crippen LogP contribution in [0.15, 0.2) is 41.4 Å². The predicted octanol–water partition coefficient (Wildman–Crippen LogP) is 1.98. The molecule has 0 amide bonds. The van der Waals surface area contributed by atoms with Crippen LogP contribution in [0.25, 0.3) is 10.9 Å². The fourth-order valence-corrected chi connectivity index (χ4v) is 3.65. The molecule has 0 bridgehead atoms. The molecule has 0 spiro atoms. The lowest BCUT2D eigenvalue weighted by atomic mass is 10.2. The first-order valence-corrected chi connectivity index (χ1v) is 8.51. The molecule has 2 rings (SSSR count). The van der Waals surface area contributed by atoms with Crippen LogP contribution in [0.5, 0.6) is 0 Å². The molecule has 0 saturated heterocycles. The highest BCUT2D eigenvalue weighted by molar-refractivity contribution is 7.89. The topological polar surface area (TPSA) is 76.3 Å². The molecule has 1 aromatic heterocycles. The lowest BCUT2D eigenvalue weighted by molar-refractivity contribution is 0.453. The number of sulfonamides is 1. The van der Waals surface area contributed by atoms with Gasteiger partial charge in [0, 0.05) is 25.2 Å². The van der Waals surface area contributed by atoms with Crippen LogP contribution >= 0.6 is 0 Å². The van der Waals surface area contributed by atoms with Crippen molar-refractivity contribution in [2.45, 2.75) is 24.2 Å². The number of unbranched alkanes of at least 4 members (excludes halogenated alkanes) is 2. The molecule has 21 heavy (non-hydrogen) atoms. The Morgan fingerprint density at radius 2 is 1.95 bits per heavy atom. The maximum Gasteiger partial charge on any atom is 0.243 e. The second-order valence-electron chi connectivity index (χ2n) is 5.00. The van der Waals surface area contributed by atoms with Gasteiger partial charge < -0.3 is 5.73 Å². The Labute approximate surface area is 125 Å². The smallest absolute Gasteiger partial charge is 0.243 e. The summed E-state index contributed by atoms with van der Waals surface area (Å²) in [5.74, 6) is 0. The summed E-state index contributed by atoms with van der Waals surface area (Å²) < 4.78 is 26.8. The monoisotopic (exact) mass is 307 g/mol. The molecule has 2 aromatic rings. The van der Waals surface area contributed by atoms with E-state index in [9.17, 15) is 8.42 Å². The van der Waals surface area contributed by atoms with Gasteiger partial charge in [0.15, 0.2) is 0 Å². The van der Waals surface area contributed by atoms with Gasteiger partial charge in [0.25, 0.3) is 0 Å². The molecule has 0 fully saturated rings. The number of benzene rings is 1. The minimum atomic E-state index is -3.49. The van der Waals surface area contributed by atoms with Gasteiger partial charge in [-0.25, -0.2) is 12.7 Å². The number of hydrogen-bond donors (Lipinski definition) is 1. The summed E-state index contributed by atoms with van der Waals surface area (Å²) in [5.41, 5.74) is 6.14. The van der Waals surface area contributed by atoms with Crippen molar-refractivity contribution in [2.24, 2.45) is 5.73 Å². The fourth-order valence-electron chi connectivity index (χ4n) is 2.24. The van der Waals surface area contributed by atoms with E-state index >= 15 is 0 Å². The lowest BCUT2D eigenvalue weighted by Crippen LogP contribution is -2.28. The first-order chi connectivity index (χ1) is 10.1. The van der Waals surface area contributed by atoms with Crippen LogP contribution < -0.4 is 5.73 Å². The molecule has 0 radical (unpaired) electrons. The van der Waals surface area contributed by atoms with Crippen molar-refractivity contribution in [3.05, 3.63) is 36.5 Å². The summed E-state index contributed by atoms with van der Waals surface area (Å²) in [6.07, 6.45) is 4.34. The third-order valence-electron chi connectivity index (χ3n) is 3.47. The number of rotatable bonds is 7.